The van der Waals surface area contributed by atoms with Gasteiger partial charge in [0, 0.05) is 6.54 Å². The van der Waals surface area contributed by atoms with E-state index in [-0.39, 0.29) is 17.0 Å². The Kier molecular flexibility index (Phi) is 5.18. The third-order valence-electron chi connectivity index (χ3n) is 4.96. The van der Waals surface area contributed by atoms with Crippen LogP contribution in [-0.2, 0) is 13.0 Å². The highest BCUT2D eigenvalue weighted by Gasteiger charge is 2.20. The minimum atomic E-state index is -1.09. The zero-order valence-corrected chi connectivity index (χ0v) is 16.1. The van der Waals surface area contributed by atoms with Crippen molar-refractivity contribution in [3.8, 4) is 17.1 Å². The molecule has 3 aromatic carbocycles. The summed E-state index contributed by atoms with van der Waals surface area (Å²) in [5.74, 6) is -1.69. The van der Waals surface area contributed by atoms with Gasteiger partial charge in [-0.1, -0.05) is 18.2 Å². The summed E-state index contributed by atoms with van der Waals surface area (Å²) < 4.78 is 35.9. The van der Waals surface area contributed by atoms with Crippen LogP contribution >= 0.6 is 0 Å². The monoisotopic (exact) mass is 408 g/mol. The molecule has 0 radical (unpaired) electrons. The van der Waals surface area contributed by atoms with Crippen molar-refractivity contribution >= 4 is 17.0 Å². The topological polar surface area (TPSA) is 64.4 Å². The van der Waals surface area contributed by atoms with Crippen LogP contribution in [0.5, 0.6) is 5.75 Å². The van der Waals surface area contributed by atoms with Gasteiger partial charge >= 0.3 is 5.97 Å². The SMILES string of the molecule is COc1ccc(CCn2c(-c3c(F)cccc3F)nc3cc(C(=O)O)ccc32)cc1. The molecule has 0 saturated carbocycles. The fourth-order valence-electron chi connectivity index (χ4n) is 3.42. The molecule has 0 atom stereocenters. The van der Waals surface area contributed by atoms with Gasteiger partial charge in [0.2, 0.25) is 0 Å². The summed E-state index contributed by atoms with van der Waals surface area (Å²) in [7, 11) is 1.59. The van der Waals surface area contributed by atoms with E-state index in [4.69, 9.17) is 4.74 Å². The smallest absolute Gasteiger partial charge is 0.335 e. The first-order chi connectivity index (χ1) is 14.5. The van der Waals surface area contributed by atoms with Gasteiger partial charge in [0.1, 0.15) is 23.2 Å². The lowest BCUT2D eigenvalue weighted by atomic mass is 10.1. The summed E-state index contributed by atoms with van der Waals surface area (Å²) in [6, 6.07) is 15.6. The number of hydrogen-bond donors (Lipinski definition) is 1. The van der Waals surface area contributed by atoms with E-state index in [2.05, 4.69) is 4.98 Å². The molecular weight excluding hydrogens is 390 g/mol. The van der Waals surface area contributed by atoms with Crippen LogP contribution in [0.15, 0.2) is 60.7 Å². The fraction of sp³-hybridized carbons (Fsp3) is 0.130. The molecule has 4 rings (SSSR count). The molecule has 5 nitrogen and oxygen atoms in total. The van der Waals surface area contributed by atoms with E-state index in [1.807, 2.05) is 24.3 Å². The van der Waals surface area contributed by atoms with Crippen molar-refractivity contribution in [3.05, 3.63) is 83.4 Å². The predicted octanol–water partition coefficient (Wildman–Crippen LogP) is 4.93. The summed E-state index contributed by atoms with van der Waals surface area (Å²) >= 11 is 0. The quantitative estimate of drug-likeness (QED) is 0.491. The summed E-state index contributed by atoms with van der Waals surface area (Å²) in [6.45, 7) is 0.401. The van der Waals surface area contributed by atoms with Crippen molar-refractivity contribution in [3.63, 3.8) is 0 Å². The molecule has 152 valence electrons. The van der Waals surface area contributed by atoms with Crippen LogP contribution in [0, 0.1) is 11.6 Å². The third-order valence-corrected chi connectivity index (χ3v) is 4.96. The van der Waals surface area contributed by atoms with Crippen LogP contribution in [-0.4, -0.2) is 27.7 Å². The highest BCUT2D eigenvalue weighted by atomic mass is 19.1. The van der Waals surface area contributed by atoms with E-state index in [0.29, 0.717) is 24.0 Å². The van der Waals surface area contributed by atoms with Crippen LogP contribution in [0.25, 0.3) is 22.4 Å². The van der Waals surface area contributed by atoms with Gasteiger partial charge in [0.25, 0.3) is 0 Å². The molecule has 1 N–H and O–H groups in total. The molecule has 30 heavy (non-hydrogen) atoms. The largest absolute Gasteiger partial charge is 0.497 e. The van der Waals surface area contributed by atoms with Gasteiger partial charge in [-0.25, -0.2) is 18.6 Å². The van der Waals surface area contributed by atoms with Gasteiger partial charge in [-0.05, 0) is 54.4 Å². The molecule has 0 spiro atoms. The lowest BCUT2D eigenvalue weighted by molar-refractivity contribution is 0.0697. The number of methoxy groups -OCH3 is 1. The number of hydrogen-bond acceptors (Lipinski definition) is 3. The number of carboxylic acids is 1. The molecule has 0 fully saturated rings. The third kappa shape index (κ3) is 3.61. The van der Waals surface area contributed by atoms with Crippen molar-refractivity contribution in [2.45, 2.75) is 13.0 Å². The number of halogens is 2. The Hall–Kier alpha value is -3.74. The van der Waals surface area contributed by atoms with E-state index in [0.717, 1.165) is 11.3 Å². The Labute approximate surface area is 171 Å². The first-order valence-corrected chi connectivity index (χ1v) is 9.29. The molecule has 4 aromatic rings. The van der Waals surface area contributed by atoms with Gasteiger partial charge in [-0.3, -0.25) is 0 Å². The highest BCUT2D eigenvalue weighted by Crippen LogP contribution is 2.30. The number of aryl methyl sites for hydroxylation is 2. The van der Waals surface area contributed by atoms with Gasteiger partial charge < -0.3 is 14.4 Å². The zero-order valence-electron chi connectivity index (χ0n) is 16.1. The molecule has 0 aliphatic rings. The number of benzene rings is 3. The van der Waals surface area contributed by atoms with Crippen LogP contribution in [0.3, 0.4) is 0 Å². The number of ether oxygens (including phenoxy) is 1. The molecule has 0 amide bonds. The van der Waals surface area contributed by atoms with Gasteiger partial charge in [-0.15, -0.1) is 0 Å². The number of nitrogens with zero attached hydrogens (tertiary/aromatic N) is 2. The average molecular weight is 408 g/mol. The molecule has 7 heteroatoms. The Balaban J connectivity index is 1.81. The van der Waals surface area contributed by atoms with Crippen molar-refractivity contribution in [2.75, 3.05) is 7.11 Å². The molecular formula is C23H18F2N2O3. The van der Waals surface area contributed by atoms with E-state index in [1.54, 1.807) is 17.7 Å². The first kappa shape index (κ1) is 19.6. The van der Waals surface area contributed by atoms with Crippen molar-refractivity contribution in [1.82, 2.24) is 9.55 Å². The van der Waals surface area contributed by atoms with E-state index < -0.39 is 17.6 Å². The Morgan fingerprint density at radius 2 is 1.77 bits per heavy atom. The number of rotatable bonds is 6. The number of carbonyl (C=O) groups is 1. The standard InChI is InChI=1S/C23H18F2N2O3/c1-30-16-8-5-14(6-9-16)11-12-27-20-10-7-15(23(28)29)13-19(20)26-22(27)21-17(24)3-2-4-18(21)25/h2-10,13H,11-12H2,1H3,(H,28,29). The number of aromatic nitrogens is 2. The normalized spacial score (nSPS) is 11.0. The van der Waals surface area contributed by atoms with Crippen LogP contribution in [0.1, 0.15) is 15.9 Å². The van der Waals surface area contributed by atoms with Gasteiger partial charge in [0.05, 0.1) is 29.3 Å². The molecule has 0 bridgehead atoms. The van der Waals surface area contributed by atoms with Gasteiger partial charge in [0.15, 0.2) is 0 Å². The Bertz CT molecular complexity index is 1210. The number of carboxylic acid groups (broad SMARTS) is 1. The summed E-state index contributed by atoms with van der Waals surface area (Å²) in [5.41, 5.74) is 1.80. The summed E-state index contributed by atoms with van der Waals surface area (Å²) in [5, 5.41) is 9.26. The Morgan fingerprint density at radius 3 is 2.40 bits per heavy atom. The predicted molar refractivity (Wildman–Crippen MR) is 109 cm³/mol. The number of fused-ring (bicyclic) bond motifs is 1. The molecule has 1 heterocycles. The maximum absolute atomic E-state index is 14.5. The van der Waals surface area contributed by atoms with E-state index in [1.165, 1.54) is 30.3 Å². The molecule has 0 aliphatic heterocycles. The summed E-state index contributed by atoms with van der Waals surface area (Å²) in [6.07, 6.45) is 0.583. The van der Waals surface area contributed by atoms with Crippen molar-refractivity contribution in [2.24, 2.45) is 0 Å². The lowest BCUT2D eigenvalue weighted by Crippen LogP contribution is -2.06. The summed E-state index contributed by atoms with van der Waals surface area (Å²) in [4.78, 5) is 15.7. The zero-order chi connectivity index (χ0) is 21.3. The first-order valence-electron chi connectivity index (χ1n) is 9.29. The van der Waals surface area contributed by atoms with Crippen LogP contribution in [0.2, 0.25) is 0 Å². The van der Waals surface area contributed by atoms with Gasteiger partial charge in [-0.2, -0.15) is 0 Å². The maximum Gasteiger partial charge on any atom is 0.335 e. The second-order valence-corrected chi connectivity index (χ2v) is 6.79. The van der Waals surface area contributed by atoms with Crippen molar-refractivity contribution in [1.29, 1.82) is 0 Å². The maximum atomic E-state index is 14.5. The van der Waals surface area contributed by atoms with Crippen LogP contribution in [0.4, 0.5) is 8.78 Å². The minimum absolute atomic E-state index is 0.0582. The molecule has 0 saturated heterocycles. The fourth-order valence-corrected chi connectivity index (χ4v) is 3.42. The molecule has 0 aliphatic carbocycles. The number of aromatic carboxylic acids is 1. The molecule has 1 aromatic heterocycles. The lowest BCUT2D eigenvalue weighted by Gasteiger charge is -2.11. The second kappa shape index (κ2) is 7.94. The van der Waals surface area contributed by atoms with Crippen LogP contribution < -0.4 is 4.74 Å². The average Bonchev–Trinajstić information content (AvgIpc) is 3.09. The highest BCUT2D eigenvalue weighted by molar-refractivity contribution is 5.93. The second-order valence-electron chi connectivity index (χ2n) is 6.79. The number of imidazole rings is 1. The van der Waals surface area contributed by atoms with Crippen molar-refractivity contribution < 1.29 is 23.4 Å². The van der Waals surface area contributed by atoms with E-state index in [9.17, 15) is 18.7 Å². The molecule has 0 unspecified atom stereocenters. The van der Waals surface area contributed by atoms with E-state index >= 15 is 0 Å². The minimum Gasteiger partial charge on any atom is -0.497 e. The Morgan fingerprint density at radius 1 is 1.07 bits per heavy atom.